The molecular weight excluding hydrogens is 383 g/mol. The zero-order valence-corrected chi connectivity index (χ0v) is 17.3. The van der Waals surface area contributed by atoms with E-state index in [-0.39, 0.29) is 29.9 Å². The van der Waals surface area contributed by atoms with E-state index in [4.69, 9.17) is 11.6 Å². The van der Waals surface area contributed by atoms with Crippen molar-refractivity contribution in [3.05, 3.63) is 23.8 Å². The second-order valence-electron chi connectivity index (χ2n) is 9.72. The van der Waals surface area contributed by atoms with Crippen LogP contribution in [0.2, 0.25) is 0 Å². The Morgan fingerprint density at radius 3 is 2.68 bits per heavy atom. The molecule has 3 fully saturated rings. The minimum atomic E-state index is -1.95. The topological polar surface area (TPSA) is 74.6 Å². The van der Waals surface area contributed by atoms with Crippen molar-refractivity contribution in [1.82, 2.24) is 0 Å². The fourth-order valence-electron chi connectivity index (χ4n) is 7.24. The van der Waals surface area contributed by atoms with Crippen molar-refractivity contribution in [1.29, 1.82) is 0 Å². The van der Waals surface area contributed by atoms with E-state index in [2.05, 4.69) is 0 Å². The van der Waals surface area contributed by atoms with Crippen molar-refractivity contribution in [3.63, 3.8) is 0 Å². The summed E-state index contributed by atoms with van der Waals surface area (Å²) in [7, 11) is 0. The first-order chi connectivity index (χ1) is 13.0. The van der Waals surface area contributed by atoms with E-state index in [1.54, 1.807) is 13.0 Å². The van der Waals surface area contributed by atoms with E-state index in [0.717, 1.165) is 5.57 Å². The molecule has 0 unspecified atom stereocenters. The van der Waals surface area contributed by atoms with Gasteiger partial charge in [0.25, 0.3) is 0 Å². The maximum atomic E-state index is 16.9. The quantitative estimate of drug-likeness (QED) is 0.686. The van der Waals surface area contributed by atoms with E-state index in [9.17, 15) is 19.8 Å². The van der Waals surface area contributed by atoms with Gasteiger partial charge < -0.3 is 10.2 Å². The Morgan fingerprint density at radius 2 is 2.04 bits per heavy atom. The second-order valence-corrected chi connectivity index (χ2v) is 9.99. The fraction of sp³-hybridized carbons (Fsp3) is 0.727. The van der Waals surface area contributed by atoms with Crippen LogP contribution in [-0.4, -0.2) is 45.0 Å². The molecule has 0 aromatic rings. The van der Waals surface area contributed by atoms with Gasteiger partial charge in [-0.3, -0.25) is 9.59 Å². The predicted octanol–water partition coefficient (Wildman–Crippen LogP) is 3.14. The second kappa shape index (κ2) is 5.99. The van der Waals surface area contributed by atoms with Crippen molar-refractivity contribution in [3.8, 4) is 0 Å². The van der Waals surface area contributed by atoms with Crippen LogP contribution >= 0.6 is 11.6 Å². The summed E-state index contributed by atoms with van der Waals surface area (Å²) >= 11 is 5.81. The highest BCUT2D eigenvalue weighted by Gasteiger charge is 2.75. The Kier molecular flexibility index (Phi) is 4.33. The molecule has 0 spiro atoms. The number of alkyl halides is 2. The highest BCUT2D eigenvalue weighted by atomic mass is 35.5. The summed E-state index contributed by atoms with van der Waals surface area (Å²) in [5.74, 6) is -2.03. The minimum Gasteiger partial charge on any atom is -0.390 e. The van der Waals surface area contributed by atoms with E-state index in [0.29, 0.717) is 19.3 Å². The summed E-state index contributed by atoms with van der Waals surface area (Å²) in [6.07, 6.45) is 4.69. The van der Waals surface area contributed by atoms with Crippen LogP contribution in [0.1, 0.15) is 46.5 Å². The van der Waals surface area contributed by atoms with Crippen LogP contribution in [0.15, 0.2) is 23.8 Å². The minimum absolute atomic E-state index is 0.0151. The standard InChI is InChI=1S/C22H28ClFO4/c1-12-8-16-15-5-4-13-9-14(25)6-7-19(13,2)21(15,24)17(26)10-20(16,3)22(12,28)18(27)11-23/h6-7,9,12,15-17,26,28H,4-5,8,10-11H2,1-3H3/t12-,15-,16-,17+,19+,20-,21-,22-/m1/s1. The number of allylic oxidation sites excluding steroid dienone is 4. The summed E-state index contributed by atoms with van der Waals surface area (Å²) in [5.41, 5.74) is -4.90. The fourth-order valence-corrected chi connectivity index (χ4v) is 7.45. The molecule has 4 aliphatic rings. The van der Waals surface area contributed by atoms with Gasteiger partial charge in [0, 0.05) is 16.7 Å². The van der Waals surface area contributed by atoms with Crippen molar-refractivity contribution in [2.75, 3.05) is 5.88 Å². The molecule has 0 saturated heterocycles. The number of carbonyl (C=O) groups excluding carboxylic acids is 2. The number of Topliss-reactive ketones (excluding diaryl/α,β-unsaturated/α-hetero) is 1. The molecule has 0 aromatic carbocycles. The average Bonchev–Trinajstić information content (AvgIpc) is 2.84. The monoisotopic (exact) mass is 410 g/mol. The molecule has 0 amide bonds. The van der Waals surface area contributed by atoms with Crippen molar-refractivity contribution in [2.45, 2.75) is 63.8 Å². The van der Waals surface area contributed by atoms with Crippen molar-refractivity contribution >= 4 is 23.2 Å². The van der Waals surface area contributed by atoms with Gasteiger partial charge in [0.05, 0.1) is 12.0 Å². The van der Waals surface area contributed by atoms with Gasteiger partial charge in [-0.25, -0.2) is 4.39 Å². The van der Waals surface area contributed by atoms with Crippen LogP contribution in [0.25, 0.3) is 0 Å². The third kappa shape index (κ3) is 2.08. The number of aliphatic hydroxyl groups is 2. The molecule has 4 nitrogen and oxygen atoms in total. The number of ketones is 2. The number of rotatable bonds is 2. The van der Waals surface area contributed by atoms with E-state index in [1.165, 1.54) is 12.2 Å². The molecule has 2 N–H and O–H groups in total. The van der Waals surface area contributed by atoms with E-state index >= 15 is 4.39 Å². The van der Waals surface area contributed by atoms with E-state index in [1.807, 2.05) is 13.8 Å². The number of halogens is 2. The summed E-state index contributed by atoms with van der Waals surface area (Å²) in [4.78, 5) is 24.5. The Morgan fingerprint density at radius 1 is 1.36 bits per heavy atom. The van der Waals surface area contributed by atoms with Crippen LogP contribution in [0.4, 0.5) is 4.39 Å². The van der Waals surface area contributed by atoms with Gasteiger partial charge >= 0.3 is 0 Å². The zero-order chi connectivity index (χ0) is 20.7. The van der Waals surface area contributed by atoms with Gasteiger partial charge in [0.2, 0.25) is 0 Å². The first kappa shape index (κ1) is 20.2. The molecule has 0 heterocycles. The first-order valence-corrected chi connectivity index (χ1v) is 10.6. The summed E-state index contributed by atoms with van der Waals surface area (Å²) in [5, 5.41) is 22.6. The molecule has 154 valence electrons. The van der Waals surface area contributed by atoms with E-state index < -0.39 is 39.9 Å². The molecule has 28 heavy (non-hydrogen) atoms. The van der Waals surface area contributed by atoms with Gasteiger partial charge in [-0.05, 0) is 56.6 Å². The van der Waals surface area contributed by atoms with Crippen LogP contribution in [0.3, 0.4) is 0 Å². The lowest BCUT2D eigenvalue weighted by molar-refractivity contribution is -0.218. The predicted molar refractivity (Wildman–Crippen MR) is 104 cm³/mol. The van der Waals surface area contributed by atoms with Crippen LogP contribution in [0.5, 0.6) is 0 Å². The molecule has 0 radical (unpaired) electrons. The molecule has 3 saturated carbocycles. The number of fused-ring (bicyclic) bond motifs is 5. The highest BCUT2D eigenvalue weighted by Crippen LogP contribution is 2.70. The Balaban J connectivity index is 1.84. The number of aliphatic hydroxyl groups excluding tert-OH is 1. The van der Waals surface area contributed by atoms with Crippen LogP contribution in [0, 0.1) is 28.6 Å². The SMILES string of the molecule is C[C@@H]1C[C@@H]2[C@H]3CCC4=CC(=O)C=C[C@]4(C)[C@]3(F)[C@@H](O)C[C@@]2(C)[C@]1(O)C(=O)CCl. The molecule has 8 atom stereocenters. The maximum absolute atomic E-state index is 16.9. The molecule has 0 aromatic heterocycles. The maximum Gasteiger partial charge on any atom is 0.179 e. The van der Waals surface area contributed by atoms with Gasteiger partial charge in [0.1, 0.15) is 5.60 Å². The molecule has 0 aliphatic heterocycles. The summed E-state index contributed by atoms with van der Waals surface area (Å²) in [6, 6.07) is 0. The lowest BCUT2D eigenvalue weighted by Gasteiger charge is -2.62. The summed E-state index contributed by atoms with van der Waals surface area (Å²) < 4.78 is 16.9. The van der Waals surface area contributed by atoms with Crippen molar-refractivity contribution < 1.29 is 24.2 Å². The molecule has 6 heteroatoms. The first-order valence-electron chi connectivity index (χ1n) is 10.1. The molecule has 4 rings (SSSR count). The van der Waals surface area contributed by atoms with Crippen LogP contribution in [-0.2, 0) is 9.59 Å². The zero-order valence-electron chi connectivity index (χ0n) is 16.5. The molecular formula is C22H28ClFO4. The largest absolute Gasteiger partial charge is 0.390 e. The van der Waals surface area contributed by atoms with Gasteiger partial charge in [0.15, 0.2) is 17.2 Å². The smallest absolute Gasteiger partial charge is 0.179 e. The van der Waals surface area contributed by atoms with Crippen LogP contribution < -0.4 is 0 Å². The highest BCUT2D eigenvalue weighted by molar-refractivity contribution is 6.29. The lowest BCUT2D eigenvalue weighted by Crippen LogP contribution is -2.69. The third-order valence-corrected chi connectivity index (χ3v) is 9.01. The Bertz CT molecular complexity index is 808. The normalized spacial score (nSPS) is 52.5. The summed E-state index contributed by atoms with van der Waals surface area (Å²) in [6.45, 7) is 5.38. The number of hydrogen-bond acceptors (Lipinski definition) is 4. The lowest BCUT2D eigenvalue weighted by atomic mass is 9.44. The Labute approximate surface area is 169 Å². The number of carbonyl (C=O) groups is 2. The Hall–Kier alpha value is -1.04. The van der Waals surface area contributed by atoms with Gasteiger partial charge in [-0.1, -0.05) is 25.5 Å². The van der Waals surface area contributed by atoms with Crippen molar-refractivity contribution in [2.24, 2.45) is 28.6 Å². The third-order valence-electron chi connectivity index (χ3n) is 8.77. The molecule has 0 bridgehead atoms. The van der Waals surface area contributed by atoms with Gasteiger partial charge in [-0.2, -0.15) is 0 Å². The molecule has 4 aliphatic carbocycles. The van der Waals surface area contributed by atoms with Gasteiger partial charge in [-0.15, -0.1) is 11.6 Å². The number of hydrogen-bond donors (Lipinski definition) is 2. The average molecular weight is 411 g/mol.